The lowest BCUT2D eigenvalue weighted by molar-refractivity contribution is 0.177. The van der Waals surface area contributed by atoms with Crippen molar-refractivity contribution < 1.29 is 13.5 Å². The first-order valence-electron chi connectivity index (χ1n) is 4.65. The van der Waals surface area contributed by atoms with E-state index in [1.807, 2.05) is 0 Å². The molecule has 0 saturated carbocycles. The van der Waals surface area contributed by atoms with E-state index in [0.717, 1.165) is 0 Å². The molecule has 2 rings (SSSR count). The third-order valence-corrected chi connectivity index (χ3v) is 1.94. The maximum Gasteiger partial charge on any atom is 0.266 e. The second-order valence-corrected chi connectivity index (χ2v) is 3.18. The average molecular weight is 223 g/mol. The van der Waals surface area contributed by atoms with Gasteiger partial charge in [0.15, 0.2) is 0 Å². The van der Waals surface area contributed by atoms with Crippen LogP contribution in [0.1, 0.15) is 11.6 Å². The highest BCUT2D eigenvalue weighted by Gasteiger charge is 2.11. The predicted molar refractivity (Wildman–Crippen MR) is 52.9 cm³/mol. The third kappa shape index (κ3) is 2.06. The number of aryl methyl sites for hydroxylation is 1. The Balaban J connectivity index is 2.39. The first-order chi connectivity index (χ1) is 7.70. The summed E-state index contributed by atoms with van der Waals surface area (Å²) in [7, 11) is 1.48. The van der Waals surface area contributed by atoms with E-state index in [-0.39, 0.29) is 18.2 Å². The van der Waals surface area contributed by atoms with Gasteiger partial charge in [0.05, 0.1) is 6.61 Å². The number of hydrogen-bond donors (Lipinski definition) is 0. The van der Waals surface area contributed by atoms with E-state index in [4.69, 9.17) is 9.15 Å². The predicted octanol–water partition coefficient (Wildman–Crippen LogP) is 1.73. The summed E-state index contributed by atoms with van der Waals surface area (Å²) in [5.74, 6) is 0.297. The van der Waals surface area contributed by atoms with Gasteiger partial charge in [0, 0.05) is 14.0 Å². The summed E-state index contributed by atoms with van der Waals surface area (Å²) < 4.78 is 23.3. The Hall–Kier alpha value is -1.82. The molecular formula is C10H10FN3O2. The molecule has 0 aliphatic heterocycles. The Morgan fingerprint density at radius 2 is 2.19 bits per heavy atom. The molecule has 84 valence electrons. The minimum atomic E-state index is -0.415. The molecule has 6 heteroatoms. The summed E-state index contributed by atoms with van der Waals surface area (Å²) in [4.78, 5) is 4.05. The van der Waals surface area contributed by atoms with Crippen molar-refractivity contribution in [3.63, 3.8) is 0 Å². The first-order valence-corrected chi connectivity index (χ1v) is 4.65. The Kier molecular flexibility index (Phi) is 2.91. The van der Waals surface area contributed by atoms with Gasteiger partial charge in [-0.3, -0.25) is 0 Å². The second kappa shape index (κ2) is 4.36. The lowest BCUT2D eigenvalue weighted by Crippen LogP contribution is -1.98. The molecule has 0 N–H and O–H groups in total. The van der Waals surface area contributed by atoms with Crippen LogP contribution < -0.4 is 0 Å². The quantitative estimate of drug-likeness (QED) is 0.792. The molecule has 2 heterocycles. The van der Waals surface area contributed by atoms with Crippen LogP contribution in [0.4, 0.5) is 4.39 Å². The molecule has 5 nitrogen and oxygen atoms in total. The van der Waals surface area contributed by atoms with Gasteiger partial charge in [0.2, 0.25) is 5.89 Å². The molecule has 0 aromatic carbocycles. The summed E-state index contributed by atoms with van der Waals surface area (Å²) in [6, 6.07) is 2.79. The molecular weight excluding hydrogens is 213 g/mol. The van der Waals surface area contributed by atoms with Crippen molar-refractivity contribution in [3.8, 4) is 11.6 Å². The molecule has 0 atom stereocenters. The fourth-order valence-electron chi connectivity index (χ4n) is 1.24. The molecule has 0 radical (unpaired) electrons. The van der Waals surface area contributed by atoms with Gasteiger partial charge in [0.1, 0.15) is 17.2 Å². The zero-order valence-corrected chi connectivity index (χ0v) is 8.90. The average Bonchev–Trinajstić information content (AvgIpc) is 2.69. The number of nitrogens with zero attached hydrogens (tertiary/aromatic N) is 3. The highest BCUT2D eigenvalue weighted by Crippen LogP contribution is 2.17. The minimum Gasteiger partial charge on any atom is -0.420 e. The van der Waals surface area contributed by atoms with E-state index in [2.05, 4.69) is 15.2 Å². The number of rotatable bonds is 3. The van der Waals surface area contributed by atoms with Gasteiger partial charge in [-0.2, -0.15) is 0 Å². The van der Waals surface area contributed by atoms with Gasteiger partial charge in [-0.25, -0.2) is 9.37 Å². The fraction of sp³-hybridized carbons (Fsp3) is 0.300. The number of aromatic nitrogens is 3. The smallest absolute Gasteiger partial charge is 0.266 e. The lowest BCUT2D eigenvalue weighted by atomic mass is 10.3. The highest BCUT2D eigenvalue weighted by molar-refractivity contribution is 5.46. The molecule has 2 aromatic heterocycles. The molecule has 2 aromatic rings. The van der Waals surface area contributed by atoms with Crippen LogP contribution in [0, 0.1) is 12.7 Å². The SMILES string of the molecule is COCc1nc(-c2nnc(C)o2)ccc1F. The van der Waals surface area contributed by atoms with Gasteiger partial charge in [-0.15, -0.1) is 10.2 Å². The molecule has 16 heavy (non-hydrogen) atoms. The molecule has 0 bridgehead atoms. The molecule has 0 saturated heterocycles. The monoisotopic (exact) mass is 223 g/mol. The van der Waals surface area contributed by atoms with E-state index in [0.29, 0.717) is 11.6 Å². The molecule has 0 amide bonds. The maximum absolute atomic E-state index is 13.3. The van der Waals surface area contributed by atoms with E-state index in [9.17, 15) is 4.39 Å². The number of hydrogen-bond acceptors (Lipinski definition) is 5. The number of halogens is 1. The Labute approximate surface area is 91.3 Å². The minimum absolute atomic E-state index is 0.104. The number of ether oxygens (including phenoxy) is 1. The summed E-state index contributed by atoms with van der Waals surface area (Å²) >= 11 is 0. The van der Waals surface area contributed by atoms with Crippen molar-refractivity contribution in [2.24, 2.45) is 0 Å². The van der Waals surface area contributed by atoms with Crippen LogP contribution in [0.15, 0.2) is 16.5 Å². The normalized spacial score (nSPS) is 10.7. The van der Waals surface area contributed by atoms with Gasteiger partial charge in [0.25, 0.3) is 5.89 Å². The van der Waals surface area contributed by atoms with Crippen LogP contribution in [-0.4, -0.2) is 22.3 Å². The van der Waals surface area contributed by atoms with E-state index in [1.165, 1.54) is 19.2 Å². The van der Waals surface area contributed by atoms with Crippen LogP contribution in [0.5, 0.6) is 0 Å². The molecule has 0 unspecified atom stereocenters. The van der Waals surface area contributed by atoms with Gasteiger partial charge >= 0.3 is 0 Å². The summed E-state index contributed by atoms with van der Waals surface area (Å²) in [6.07, 6.45) is 0. The van der Waals surface area contributed by atoms with Crippen molar-refractivity contribution in [2.45, 2.75) is 13.5 Å². The van der Waals surface area contributed by atoms with Crippen LogP contribution >= 0.6 is 0 Å². The van der Waals surface area contributed by atoms with E-state index < -0.39 is 5.82 Å². The second-order valence-electron chi connectivity index (χ2n) is 3.18. The van der Waals surface area contributed by atoms with E-state index >= 15 is 0 Å². The van der Waals surface area contributed by atoms with Crippen molar-refractivity contribution in [1.29, 1.82) is 0 Å². The van der Waals surface area contributed by atoms with Gasteiger partial charge < -0.3 is 9.15 Å². The van der Waals surface area contributed by atoms with Crippen LogP contribution in [-0.2, 0) is 11.3 Å². The Bertz CT molecular complexity index is 499. The van der Waals surface area contributed by atoms with Gasteiger partial charge in [-0.05, 0) is 12.1 Å². The third-order valence-electron chi connectivity index (χ3n) is 1.94. The summed E-state index contributed by atoms with van der Waals surface area (Å²) in [5.41, 5.74) is 0.657. The van der Waals surface area contributed by atoms with E-state index in [1.54, 1.807) is 6.92 Å². The Morgan fingerprint density at radius 1 is 1.38 bits per heavy atom. The van der Waals surface area contributed by atoms with Crippen LogP contribution in [0.25, 0.3) is 11.6 Å². The van der Waals surface area contributed by atoms with Gasteiger partial charge in [-0.1, -0.05) is 0 Å². The fourth-order valence-corrected chi connectivity index (χ4v) is 1.24. The Morgan fingerprint density at radius 3 is 2.81 bits per heavy atom. The van der Waals surface area contributed by atoms with Crippen LogP contribution in [0.3, 0.4) is 0 Å². The number of methoxy groups -OCH3 is 1. The van der Waals surface area contributed by atoms with Crippen molar-refractivity contribution in [1.82, 2.24) is 15.2 Å². The molecule has 0 aliphatic carbocycles. The topological polar surface area (TPSA) is 61.0 Å². The molecule has 0 fully saturated rings. The standard InChI is InChI=1S/C10H10FN3O2/c1-6-13-14-10(16-6)8-4-3-7(11)9(12-8)5-15-2/h3-4H,5H2,1-2H3. The first kappa shape index (κ1) is 10.7. The van der Waals surface area contributed by atoms with Crippen molar-refractivity contribution in [3.05, 3.63) is 29.5 Å². The number of pyridine rings is 1. The maximum atomic E-state index is 13.3. The zero-order valence-electron chi connectivity index (χ0n) is 8.90. The molecule has 0 aliphatic rings. The lowest BCUT2D eigenvalue weighted by Gasteiger charge is -2.02. The van der Waals surface area contributed by atoms with Crippen molar-refractivity contribution >= 4 is 0 Å². The molecule has 0 spiro atoms. The zero-order chi connectivity index (χ0) is 11.5. The highest BCUT2D eigenvalue weighted by atomic mass is 19.1. The van der Waals surface area contributed by atoms with Crippen LogP contribution in [0.2, 0.25) is 0 Å². The largest absolute Gasteiger partial charge is 0.420 e. The summed E-state index contributed by atoms with van der Waals surface area (Å²) in [5, 5.41) is 7.48. The van der Waals surface area contributed by atoms with Crippen molar-refractivity contribution in [2.75, 3.05) is 7.11 Å². The summed E-state index contributed by atoms with van der Waals surface area (Å²) in [6.45, 7) is 1.78.